The van der Waals surface area contributed by atoms with Gasteiger partial charge in [-0.25, -0.2) is 4.98 Å². The van der Waals surface area contributed by atoms with Crippen LogP contribution in [0.25, 0.3) is 22.2 Å². The van der Waals surface area contributed by atoms with Crippen molar-refractivity contribution in [2.24, 2.45) is 11.7 Å². The smallest absolute Gasteiger partial charge is 0.252 e. The van der Waals surface area contributed by atoms with E-state index in [1.807, 2.05) is 43.3 Å². The number of amides is 1. The molecule has 26 heavy (non-hydrogen) atoms. The molecule has 4 rings (SSSR count). The molecule has 1 amide bonds. The second-order valence-corrected chi connectivity index (χ2v) is 7.03. The van der Waals surface area contributed by atoms with Crippen LogP contribution in [0.5, 0.6) is 0 Å². The van der Waals surface area contributed by atoms with Crippen molar-refractivity contribution < 1.29 is 4.79 Å². The fourth-order valence-corrected chi connectivity index (χ4v) is 3.19. The van der Waals surface area contributed by atoms with Gasteiger partial charge in [0.15, 0.2) is 0 Å². The summed E-state index contributed by atoms with van der Waals surface area (Å²) < 4.78 is 0. The van der Waals surface area contributed by atoms with E-state index in [0.717, 1.165) is 27.7 Å². The van der Waals surface area contributed by atoms with Crippen molar-refractivity contribution >= 4 is 16.8 Å². The minimum Gasteiger partial charge on any atom is -0.350 e. The molecular weight excluding hydrogens is 324 g/mol. The van der Waals surface area contributed by atoms with Crippen molar-refractivity contribution in [2.75, 3.05) is 6.54 Å². The number of pyridine rings is 2. The zero-order valence-electron chi connectivity index (χ0n) is 14.8. The third-order valence-corrected chi connectivity index (χ3v) is 4.89. The molecule has 0 spiro atoms. The fraction of sp³-hybridized carbons (Fsp3) is 0.286. The fourth-order valence-electron chi connectivity index (χ4n) is 3.19. The number of rotatable bonds is 5. The lowest BCUT2D eigenvalue weighted by Gasteiger charge is -2.14. The second kappa shape index (κ2) is 6.84. The highest BCUT2D eigenvalue weighted by Crippen LogP contribution is 2.31. The van der Waals surface area contributed by atoms with E-state index in [-0.39, 0.29) is 11.9 Å². The third kappa shape index (κ3) is 3.44. The Hall–Kier alpha value is -2.79. The molecule has 1 aromatic carbocycles. The lowest BCUT2D eigenvalue weighted by atomic mass is 10.0. The Morgan fingerprint density at radius 1 is 1.31 bits per heavy atom. The highest BCUT2D eigenvalue weighted by atomic mass is 16.1. The first-order chi connectivity index (χ1) is 12.6. The standard InChI is InChI=1S/C21H22N4O/c1-13-4-7-19-16(9-13)17(21(26)24-12-18(22)14-5-6-14)10-20(25-19)15-3-2-8-23-11-15/h2-4,7-11,14,18H,5-6,12,22H2,1H3,(H,24,26). The molecule has 3 aromatic rings. The molecular formula is C21H22N4O. The minimum atomic E-state index is -0.107. The van der Waals surface area contributed by atoms with E-state index in [9.17, 15) is 4.79 Å². The van der Waals surface area contributed by atoms with E-state index in [1.54, 1.807) is 12.4 Å². The number of nitrogens with two attached hydrogens (primary N) is 1. The molecule has 2 aromatic heterocycles. The minimum absolute atomic E-state index is 0.0339. The maximum Gasteiger partial charge on any atom is 0.252 e. The topological polar surface area (TPSA) is 80.9 Å². The van der Waals surface area contributed by atoms with Gasteiger partial charge in [0.25, 0.3) is 5.91 Å². The summed E-state index contributed by atoms with van der Waals surface area (Å²) in [6, 6.07) is 11.7. The largest absolute Gasteiger partial charge is 0.350 e. The molecule has 1 unspecified atom stereocenters. The third-order valence-electron chi connectivity index (χ3n) is 4.89. The number of nitrogens with zero attached hydrogens (tertiary/aromatic N) is 2. The van der Waals surface area contributed by atoms with E-state index in [2.05, 4.69) is 10.3 Å². The number of carbonyl (C=O) groups excluding carboxylic acids is 1. The average molecular weight is 346 g/mol. The summed E-state index contributed by atoms with van der Waals surface area (Å²) in [5.74, 6) is 0.446. The summed E-state index contributed by atoms with van der Waals surface area (Å²) in [5.41, 5.74) is 10.3. The molecule has 2 heterocycles. The molecule has 1 aliphatic carbocycles. The van der Waals surface area contributed by atoms with E-state index in [0.29, 0.717) is 18.0 Å². The number of aromatic nitrogens is 2. The van der Waals surface area contributed by atoms with Crippen molar-refractivity contribution in [3.8, 4) is 11.3 Å². The van der Waals surface area contributed by atoms with Gasteiger partial charge in [-0.05, 0) is 56.0 Å². The summed E-state index contributed by atoms with van der Waals surface area (Å²) in [5, 5.41) is 3.86. The van der Waals surface area contributed by atoms with Crippen molar-refractivity contribution in [3.63, 3.8) is 0 Å². The van der Waals surface area contributed by atoms with Crippen LogP contribution < -0.4 is 11.1 Å². The number of fused-ring (bicyclic) bond motifs is 1. The number of carbonyl (C=O) groups is 1. The first-order valence-corrected chi connectivity index (χ1v) is 8.97. The Morgan fingerprint density at radius 2 is 2.15 bits per heavy atom. The first-order valence-electron chi connectivity index (χ1n) is 8.97. The number of nitrogens with one attached hydrogen (secondary N) is 1. The van der Waals surface area contributed by atoms with Gasteiger partial charge in [0.05, 0.1) is 16.8 Å². The molecule has 3 N–H and O–H groups in total. The normalized spacial score (nSPS) is 15.0. The van der Waals surface area contributed by atoms with Gasteiger partial charge in [0, 0.05) is 35.9 Å². The van der Waals surface area contributed by atoms with Crippen LogP contribution >= 0.6 is 0 Å². The molecule has 0 aliphatic heterocycles. The lowest BCUT2D eigenvalue weighted by molar-refractivity contribution is 0.0952. The Balaban J connectivity index is 1.72. The Labute approximate surface area is 152 Å². The van der Waals surface area contributed by atoms with Crippen LogP contribution in [0.3, 0.4) is 0 Å². The zero-order valence-corrected chi connectivity index (χ0v) is 14.8. The molecule has 1 fully saturated rings. The maximum atomic E-state index is 12.9. The molecule has 132 valence electrons. The average Bonchev–Trinajstić information content (AvgIpc) is 3.51. The van der Waals surface area contributed by atoms with Crippen LogP contribution in [-0.4, -0.2) is 28.5 Å². The van der Waals surface area contributed by atoms with E-state index in [1.165, 1.54) is 12.8 Å². The number of benzene rings is 1. The van der Waals surface area contributed by atoms with Crippen molar-refractivity contribution in [3.05, 3.63) is 59.9 Å². The van der Waals surface area contributed by atoms with Gasteiger partial charge in [0.2, 0.25) is 0 Å². The van der Waals surface area contributed by atoms with E-state index >= 15 is 0 Å². The predicted octanol–water partition coefficient (Wildman–Crippen LogP) is 3.07. The SMILES string of the molecule is Cc1ccc2nc(-c3cccnc3)cc(C(=O)NCC(N)C3CC3)c2c1. The summed E-state index contributed by atoms with van der Waals surface area (Å²) in [4.78, 5) is 21.8. The quantitative estimate of drug-likeness (QED) is 0.744. The van der Waals surface area contributed by atoms with Gasteiger partial charge in [-0.2, -0.15) is 0 Å². The number of hydrogen-bond acceptors (Lipinski definition) is 4. The van der Waals surface area contributed by atoms with E-state index in [4.69, 9.17) is 10.7 Å². The van der Waals surface area contributed by atoms with Crippen LogP contribution in [-0.2, 0) is 0 Å². The van der Waals surface area contributed by atoms with Gasteiger partial charge >= 0.3 is 0 Å². The maximum absolute atomic E-state index is 12.9. The monoisotopic (exact) mass is 346 g/mol. The lowest BCUT2D eigenvalue weighted by Crippen LogP contribution is -2.38. The zero-order chi connectivity index (χ0) is 18.1. The summed E-state index contributed by atoms with van der Waals surface area (Å²) >= 11 is 0. The van der Waals surface area contributed by atoms with Crippen LogP contribution in [0.4, 0.5) is 0 Å². The van der Waals surface area contributed by atoms with Crippen LogP contribution in [0.2, 0.25) is 0 Å². The predicted molar refractivity (Wildman–Crippen MR) is 103 cm³/mol. The summed E-state index contributed by atoms with van der Waals surface area (Å²) in [6.45, 7) is 2.51. The van der Waals surface area contributed by atoms with Crippen molar-refractivity contribution in [2.45, 2.75) is 25.8 Å². The highest BCUT2D eigenvalue weighted by Gasteiger charge is 2.28. The van der Waals surface area contributed by atoms with Gasteiger partial charge < -0.3 is 11.1 Å². The Kier molecular flexibility index (Phi) is 4.39. The highest BCUT2D eigenvalue weighted by molar-refractivity contribution is 6.07. The Bertz CT molecular complexity index is 951. The summed E-state index contributed by atoms with van der Waals surface area (Å²) in [7, 11) is 0. The van der Waals surface area contributed by atoms with Crippen LogP contribution in [0, 0.1) is 12.8 Å². The van der Waals surface area contributed by atoms with Gasteiger partial charge in [-0.15, -0.1) is 0 Å². The van der Waals surface area contributed by atoms with Crippen LogP contribution in [0.1, 0.15) is 28.8 Å². The molecule has 0 radical (unpaired) electrons. The molecule has 0 bridgehead atoms. The molecule has 5 nitrogen and oxygen atoms in total. The Morgan fingerprint density at radius 3 is 2.88 bits per heavy atom. The second-order valence-electron chi connectivity index (χ2n) is 7.03. The van der Waals surface area contributed by atoms with E-state index < -0.39 is 0 Å². The van der Waals surface area contributed by atoms with Crippen LogP contribution in [0.15, 0.2) is 48.8 Å². The molecule has 5 heteroatoms. The van der Waals surface area contributed by atoms with Crippen molar-refractivity contribution in [1.29, 1.82) is 0 Å². The molecule has 1 saturated carbocycles. The molecule has 0 saturated heterocycles. The molecule has 1 atom stereocenters. The summed E-state index contributed by atoms with van der Waals surface area (Å²) in [6.07, 6.45) is 5.81. The van der Waals surface area contributed by atoms with Gasteiger partial charge in [-0.3, -0.25) is 9.78 Å². The van der Waals surface area contributed by atoms with Gasteiger partial charge in [-0.1, -0.05) is 11.6 Å². The van der Waals surface area contributed by atoms with Gasteiger partial charge in [0.1, 0.15) is 0 Å². The number of hydrogen-bond donors (Lipinski definition) is 2. The molecule has 1 aliphatic rings. The first kappa shape index (κ1) is 16.7. The number of aryl methyl sites for hydroxylation is 1. The van der Waals surface area contributed by atoms with Crippen molar-refractivity contribution in [1.82, 2.24) is 15.3 Å².